The minimum Gasteiger partial charge on any atom is -0.441 e. The normalized spacial score (nSPS) is 21.1. The summed E-state index contributed by atoms with van der Waals surface area (Å²) in [6.45, 7) is 7.68. The number of carbonyl (C=O) groups excluding carboxylic acids is 1. The average molecular weight is 430 g/mol. The van der Waals surface area contributed by atoms with Crippen LogP contribution in [0.2, 0.25) is 5.02 Å². The van der Waals surface area contributed by atoms with Crippen LogP contribution < -0.4 is 0 Å². The van der Waals surface area contributed by atoms with E-state index in [2.05, 4.69) is 21.7 Å². The summed E-state index contributed by atoms with van der Waals surface area (Å²) >= 11 is 6.24. The number of aromatic nitrogens is 1. The van der Waals surface area contributed by atoms with Gasteiger partial charge in [0.05, 0.1) is 11.2 Å². The standard InChI is InChI=1S/C24H32ClN3O2/c1-18-10-13-27(14-11-18)16-19-5-4-12-28(17-19)24(29)9-8-23-26-15-22(30-23)20-6-2-3-7-21(20)25/h2-3,6-7,15,18-19H,4-5,8-14,16-17H2,1H3. The molecule has 1 amide bonds. The van der Waals surface area contributed by atoms with Crippen LogP contribution in [0.4, 0.5) is 0 Å². The van der Waals surface area contributed by atoms with Crippen molar-refractivity contribution in [3.05, 3.63) is 41.4 Å². The van der Waals surface area contributed by atoms with Gasteiger partial charge in [0.15, 0.2) is 11.7 Å². The first-order valence-corrected chi connectivity index (χ1v) is 11.7. The molecular formula is C24H32ClN3O2. The lowest BCUT2D eigenvalue weighted by Crippen LogP contribution is -2.45. The number of oxazole rings is 1. The number of nitrogens with zero attached hydrogens (tertiary/aromatic N) is 3. The first-order chi connectivity index (χ1) is 14.6. The Morgan fingerprint density at radius 1 is 1.20 bits per heavy atom. The van der Waals surface area contributed by atoms with Gasteiger partial charge in [-0.2, -0.15) is 0 Å². The molecule has 4 rings (SSSR count). The highest BCUT2D eigenvalue weighted by molar-refractivity contribution is 6.33. The van der Waals surface area contributed by atoms with Crippen molar-refractivity contribution in [1.29, 1.82) is 0 Å². The van der Waals surface area contributed by atoms with Gasteiger partial charge in [-0.15, -0.1) is 0 Å². The van der Waals surface area contributed by atoms with E-state index >= 15 is 0 Å². The Morgan fingerprint density at radius 2 is 2.00 bits per heavy atom. The fraction of sp³-hybridized carbons (Fsp3) is 0.583. The summed E-state index contributed by atoms with van der Waals surface area (Å²) in [5.74, 6) is 2.92. The molecule has 1 atom stereocenters. The molecule has 0 N–H and O–H groups in total. The molecule has 2 aliphatic heterocycles. The molecule has 2 aromatic rings. The van der Waals surface area contributed by atoms with Gasteiger partial charge in [-0.05, 0) is 62.7 Å². The topological polar surface area (TPSA) is 49.6 Å². The first-order valence-electron chi connectivity index (χ1n) is 11.3. The van der Waals surface area contributed by atoms with Crippen molar-refractivity contribution in [1.82, 2.24) is 14.8 Å². The van der Waals surface area contributed by atoms with E-state index in [9.17, 15) is 4.79 Å². The zero-order chi connectivity index (χ0) is 20.9. The number of hydrogen-bond donors (Lipinski definition) is 0. The molecule has 0 radical (unpaired) electrons. The predicted molar refractivity (Wildman–Crippen MR) is 119 cm³/mol. The third kappa shape index (κ3) is 5.44. The highest BCUT2D eigenvalue weighted by Crippen LogP contribution is 2.28. The highest BCUT2D eigenvalue weighted by atomic mass is 35.5. The van der Waals surface area contributed by atoms with Crippen molar-refractivity contribution in [3.63, 3.8) is 0 Å². The van der Waals surface area contributed by atoms with Gasteiger partial charge in [-0.25, -0.2) is 4.98 Å². The Kier molecular flexibility index (Phi) is 7.11. The van der Waals surface area contributed by atoms with E-state index in [1.165, 1.54) is 32.4 Å². The van der Waals surface area contributed by atoms with Gasteiger partial charge in [0.1, 0.15) is 0 Å². The summed E-state index contributed by atoms with van der Waals surface area (Å²) in [7, 11) is 0. The third-order valence-corrected chi connectivity index (χ3v) is 6.84. The lowest BCUT2D eigenvalue weighted by Gasteiger charge is -2.37. The zero-order valence-electron chi connectivity index (χ0n) is 17.9. The minimum atomic E-state index is 0.212. The maximum absolute atomic E-state index is 12.8. The van der Waals surface area contributed by atoms with E-state index in [4.69, 9.17) is 16.0 Å². The maximum atomic E-state index is 12.8. The van der Waals surface area contributed by atoms with Gasteiger partial charge in [0.2, 0.25) is 5.91 Å². The second-order valence-corrected chi connectivity index (χ2v) is 9.34. The molecule has 0 bridgehead atoms. The number of aryl methyl sites for hydroxylation is 1. The van der Waals surface area contributed by atoms with Crippen molar-refractivity contribution in [2.24, 2.45) is 11.8 Å². The average Bonchev–Trinajstić information content (AvgIpc) is 3.23. The molecule has 30 heavy (non-hydrogen) atoms. The number of rotatable bonds is 6. The van der Waals surface area contributed by atoms with Crippen LogP contribution in [0.15, 0.2) is 34.9 Å². The van der Waals surface area contributed by atoms with Gasteiger partial charge in [0, 0.05) is 38.0 Å². The van der Waals surface area contributed by atoms with E-state index in [0.717, 1.165) is 37.5 Å². The quantitative estimate of drug-likeness (QED) is 0.655. The molecule has 2 saturated heterocycles. The monoisotopic (exact) mass is 429 g/mol. The van der Waals surface area contributed by atoms with Gasteiger partial charge in [-0.1, -0.05) is 30.7 Å². The largest absolute Gasteiger partial charge is 0.441 e. The van der Waals surface area contributed by atoms with Crippen molar-refractivity contribution < 1.29 is 9.21 Å². The van der Waals surface area contributed by atoms with Gasteiger partial charge < -0.3 is 14.2 Å². The lowest BCUT2D eigenvalue weighted by atomic mass is 9.94. The van der Waals surface area contributed by atoms with E-state index < -0.39 is 0 Å². The number of benzene rings is 1. The number of carbonyl (C=O) groups is 1. The summed E-state index contributed by atoms with van der Waals surface area (Å²) in [5, 5.41) is 0.638. The number of halogens is 1. The highest BCUT2D eigenvalue weighted by Gasteiger charge is 2.26. The van der Waals surface area contributed by atoms with Crippen LogP contribution in [-0.2, 0) is 11.2 Å². The molecule has 2 fully saturated rings. The summed E-state index contributed by atoms with van der Waals surface area (Å²) in [6, 6.07) is 7.55. The van der Waals surface area contributed by atoms with Crippen LogP contribution in [0.3, 0.4) is 0 Å². The first kappa shape index (κ1) is 21.4. The fourth-order valence-corrected chi connectivity index (χ4v) is 4.86. The Morgan fingerprint density at radius 3 is 2.80 bits per heavy atom. The smallest absolute Gasteiger partial charge is 0.223 e. The van der Waals surface area contributed by atoms with Crippen molar-refractivity contribution in [2.75, 3.05) is 32.7 Å². The Labute approximate surface area is 184 Å². The Balaban J connectivity index is 1.26. The number of piperidine rings is 2. The Bertz CT molecular complexity index is 844. The number of hydrogen-bond acceptors (Lipinski definition) is 4. The molecule has 0 aliphatic carbocycles. The van der Waals surface area contributed by atoms with Crippen LogP contribution in [-0.4, -0.2) is 53.4 Å². The lowest BCUT2D eigenvalue weighted by molar-refractivity contribution is -0.133. The minimum absolute atomic E-state index is 0.212. The van der Waals surface area contributed by atoms with E-state index in [1.54, 1.807) is 6.20 Å². The molecule has 2 aliphatic rings. The van der Waals surface area contributed by atoms with Crippen LogP contribution in [0.5, 0.6) is 0 Å². The zero-order valence-corrected chi connectivity index (χ0v) is 18.6. The number of amides is 1. The van der Waals surface area contributed by atoms with Gasteiger partial charge >= 0.3 is 0 Å². The summed E-state index contributed by atoms with van der Waals surface area (Å²) in [5.41, 5.74) is 0.829. The van der Waals surface area contributed by atoms with Crippen molar-refractivity contribution in [3.8, 4) is 11.3 Å². The van der Waals surface area contributed by atoms with Crippen LogP contribution in [0, 0.1) is 11.8 Å². The van der Waals surface area contributed by atoms with E-state index in [1.807, 2.05) is 24.3 Å². The SMILES string of the molecule is CC1CCN(CC2CCCN(C(=O)CCc3ncc(-c4ccccc4Cl)o3)C2)CC1. The molecule has 1 unspecified atom stereocenters. The summed E-state index contributed by atoms with van der Waals surface area (Å²) < 4.78 is 5.85. The van der Waals surface area contributed by atoms with Crippen LogP contribution >= 0.6 is 11.6 Å². The molecule has 5 nitrogen and oxygen atoms in total. The summed E-state index contributed by atoms with van der Waals surface area (Å²) in [6.07, 6.45) is 7.61. The van der Waals surface area contributed by atoms with E-state index in [-0.39, 0.29) is 5.91 Å². The van der Waals surface area contributed by atoms with Crippen LogP contribution in [0.25, 0.3) is 11.3 Å². The predicted octanol–water partition coefficient (Wildman–Crippen LogP) is 4.90. The third-order valence-electron chi connectivity index (χ3n) is 6.51. The molecule has 0 spiro atoms. The van der Waals surface area contributed by atoms with Crippen LogP contribution in [0.1, 0.15) is 44.9 Å². The van der Waals surface area contributed by atoms with Gasteiger partial charge in [-0.3, -0.25) is 4.79 Å². The van der Waals surface area contributed by atoms with Crippen molar-refractivity contribution >= 4 is 17.5 Å². The molecule has 1 aromatic carbocycles. The maximum Gasteiger partial charge on any atom is 0.223 e. The van der Waals surface area contributed by atoms with Gasteiger partial charge in [0.25, 0.3) is 0 Å². The van der Waals surface area contributed by atoms with Crippen molar-refractivity contribution in [2.45, 2.75) is 45.4 Å². The molecule has 1 aromatic heterocycles. The molecule has 3 heterocycles. The second kappa shape index (κ2) is 9.97. The number of likely N-dealkylation sites (tertiary alicyclic amines) is 2. The fourth-order valence-electron chi connectivity index (χ4n) is 4.63. The summed E-state index contributed by atoms with van der Waals surface area (Å²) in [4.78, 5) is 21.8. The molecule has 0 saturated carbocycles. The van der Waals surface area contributed by atoms with E-state index in [0.29, 0.717) is 35.4 Å². The molecule has 162 valence electrons. The second-order valence-electron chi connectivity index (χ2n) is 8.93. The Hall–Kier alpha value is -1.85. The molecular weight excluding hydrogens is 398 g/mol. The molecule has 6 heteroatoms.